The summed E-state index contributed by atoms with van der Waals surface area (Å²) in [5.74, 6) is 2.70. The molecule has 0 bridgehead atoms. The fourth-order valence-electron chi connectivity index (χ4n) is 1.88. The van der Waals surface area contributed by atoms with Crippen molar-refractivity contribution in [1.29, 1.82) is 0 Å². The number of nitrogens with two attached hydrogens (primary N) is 1. The van der Waals surface area contributed by atoms with Gasteiger partial charge in [0.2, 0.25) is 0 Å². The lowest BCUT2D eigenvalue weighted by Gasteiger charge is -2.18. The molecule has 1 aromatic heterocycles. The SMILES string of the molecule is COc1cncc(C(NN)c2c(F)cc(F)cc2F)c1. The van der Waals surface area contributed by atoms with E-state index in [9.17, 15) is 13.2 Å². The van der Waals surface area contributed by atoms with Gasteiger partial charge in [-0.1, -0.05) is 0 Å². The molecule has 0 aliphatic carbocycles. The van der Waals surface area contributed by atoms with Crippen LogP contribution in [0.1, 0.15) is 17.2 Å². The van der Waals surface area contributed by atoms with Crippen molar-refractivity contribution in [3.05, 3.63) is 59.2 Å². The number of hydrazine groups is 1. The molecule has 1 aromatic carbocycles. The molecule has 2 aromatic rings. The van der Waals surface area contributed by atoms with Crippen LogP contribution in [0.25, 0.3) is 0 Å². The number of nitrogens with one attached hydrogen (secondary N) is 1. The quantitative estimate of drug-likeness (QED) is 0.666. The van der Waals surface area contributed by atoms with E-state index in [0.29, 0.717) is 23.4 Å². The molecule has 0 fully saturated rings. The van der Waals surface area contributed by atoms with Gasteiger partial charge in [-0.25, -0.2) is 18.6 Å². The molecule has 3 N–H and O–H groups in total. The van der Waals surface area contributed by atoms with Crippen molar-refractivity contribution < 1.29 is 17.9 Å². The van der Waals surface area contributed by atoms with E-state index >= 15 is 0 Å². The molecule has 4 nitrogen and oxygen atoms in total. The number of hydrogen-bond acceptors (Lipinski definition) is 4. The van der Waals surface area contributed by atoms with Gasteiger partial charge in [0.15, 0.2) is 0 Å². The minimum atomic E-state index is -1.03. The normalized spacial score (nSPS) is 12.2. The van der Waals surface area contributed by atoms with E-state index in [1.165, 1.54) is 25.6 Å². The summed E-state index contributed by atoms with van der Waals surface area (Å²) >= 11 is 0. The lowest BCUT2D eigenvalue weighted by molar-refractivity contribution is 0.411. The van der Waals surface area contributed by atoms with Crippen LogP contribution >= 0.6 is 0 Å². The van der Waals surface area contributed by atoms with Crippen molar-refractivity contribution in [3.8, 4) is 5.75 Å². The Kier molecular flexibility index (Phi) is 4.21. The molecule has 0 spiro atoms. The summed E-state index contributed by atoms with van der Waals surface area (Å²) in [6.07, 6.45) is 2.82. The van der Waals surface area contributed by atoms with Crippen LogP contribution in [0.2, 0.25) is 0 Å². The second-order valence-electron chi connectivity index (χ2n) is 4.04. The van der Waals surface area contributed by atoms with Gasteiger partial charge in [0.1, 0.15) is 23.2 Å². The molecule has 0 aliphatic heterocycles. The summed E-state index contributed by atoms with van der Waals surface area (Å²) in [6, 6.07) is 1.70. The smallest absolute Gasteiger partial charge is 0.137 e. The first-order chi connectivity index (χ1) is 9.56. The summed E-state index contributed by atoms with van der Waals surface area (Å²) in [5, 5.41) is 0. The zero-order valence-electron chi connectivity index (χ0n) is 10.5. The molecule has 0 saturated carbocycles. The van der Waals surface area contributed by atoms with Gasteiger partial charge in [-0.05, 0) is 11.6 Å². The van der Waals surface area contributed by atoms with Crippen LogP contribution in [0.3, 0.4) is 0 Å². The fraction of sp³-hybridized carbons (Fsp3) is 0.154. The van der Waals surface area contributed by atoms with Gasteiger partial charge in [0.05, 0.1) is 19.3 Å². The van der Waals surface area contributed by atoms with Crippen molar-refractivity contribution >= 4 is 0 Å². The Labute approximate surface area is 113 Å². The average Bonchev–Trinajstić information content (AvgIpc) is 2.42. The molecular formula is C13H12F3N3O. The predicted molar refractivity (Wildman–Crippen MR) is 66.3 cm³/mol. The molecule has 0 radical (unpaired) electrons. The minimum Gasteiger partial charge on any atom is -0.495 e. The van der Waals surface area contributed by atoms with E-state index in [2.05, 4.69) is 10.4 Å². The van der Waals surface area contributed by atoms with Crippen molar-refractivity contribution in [3.63, 3.8) is 0 Å². The maximum atomic E-state index is 13.8. The predicted octanol–water partition coefficient (Wildman–Crippen LogP) is 2.06. The Bertz CT molecular complexity index is 599. The van der Waals surface area contributed by atoms with Crippen LogP contribution in [0.15, 0.2) is 30.6 Å². The molecule has 0 saturated heterocycles. The highest BCUT2D eigenvalue weighted by atomic mass is 19.1. The highest BCUT2D eigenvalue weighted by Gasteiger charge is 2.22. The molecule has 1 heterocycles. The van der Waals surface area contributed by atoms with Crippen LogP contribution in [0.4, 0.5) is 13.2 Å². The van der Waals surface area contributed by atoms with Crippen LogP contribution in [-0.4, -0.2) is 12.1 Å². The van der Waals surface area contributed by atoms with E-state index < -0.39 is 23.5 Å². The van der Waals surface area contributed by atoms with Gasteiger partial charge >= 0.3 is 0 Å². The first-order valence-corrected chi connectivity index (χ1v) is 5.66. The van der Waals surface area contributed by atoms with Gasteiger partial charge in [-0.3, -0.25) is 10.8 Å². The largest absolute Gasteiger partial charge is 0.495 e. The summed E-state index contributed by atoms with van der Waals surface area (Å²) in [5.41, 5.74) is 2.29. The third-order valence-corrected chi connectivity index (χ3v) is 2.80. The third kappa shape index (κ3) is 2.73. The molecule has 1 atom stereocenters. The first kappa shape index (κ1) is 14.3. The van der Waals surface area contributed by atoms with E-state index in [4.69, 9.17) is 10.6 Å². The number of benzene rings is 1. The number of halogens is 3. The average molecular weight is 283 g/mol. The molecule has 2 rings (SSSR count). The van der Waals surface area contributed by atoms with Crippen LogP contribution in [0.5, 0.6) is 5.75 Å². The van der Waals surface area contributed by atoms with Crippen molar-refractivity contribution in [2.45, 2.75) is 6.04 Å². The molecular weight excluding hydrogens is 271 g/mol. The number of hydrogen-bond donors (Lipinski definition) is 2. The highest BCUT2D eigenvalue weighted by molar-refractivity contribution is 5.35. The number of pyridine rings is 1. The fourth-order valence-corrected chi connectivity index (χ4v) is 1.88. The highest BCUT2D eigenvalue weighted by Crippen LogP contribution is 2.28. The number of nitrogens with zero attached hydrogens (tertiary/aromatic N) is 1. The molecule has 20 heavy (non-hydrogen) atoms. The van der Waals surface area contributed by atoms with Crippen LogP contribution in [-0.2, 0) is 0 Å². The van der Waals surface area contributed by atoms with Gasteiger partial charge in [-0.15, -0.1) is 0 Å². The number of methoxy groups -OCH3 is 1. The van der Waals surface area contributed by atoms with E-state index in [-0.39, 0.29) is 5.56 Å². The van der Waals surface area contributed by atoms with E-state index in [1.807, 2.05) is 0 Å². The summed E-state index contributed by atoms with van der Waals surface area (Å²) in [7, 11) is 1.44. The first-order valence-electron chi connectivity index (χ1n) is 5.66. The molecule has 0 aliphatic rings. The number of ether oxygens (including phenoxy) is 1. The van der Waals surface area contributed by atoms with Crippen molar-refractivity contribution in [2.24, 2.45) is 5.84 Å². The summed E-state index contributed by atoms with van der Waals surface area (Å²) in [6.45, 7) is 0. The molecule has 0 amide bonds. The van der Waals surface area contributed by atoms with Gasteiger partial charge in [-0.2, -0.15) is 0 Å². The maximum Gasteiger partial charge on any atom is 0.137 e. The molecule has 7 heteroatoms. The molecule has 1 unspecified atom stereocenters. The maximum absolute atomic E-state index is 13.8. The standard InChI is InChI=1S/C13H12F3N3O/c1-20-9-2-7(5-18-6-9)13(19-17)12-10(15)3-8(14)4-11(12)16/h2-6,13,19H,17H2,1H3. The summed E-state index contributed by atoms with van der Waals surface area (Å²) in [4.78, 5) is 3.89. The molecule has 106 valence electrons. The Morgan fingerprint density at radius 1 is 1.15 bits per heavy atom. The third-order valence-electron chi connectivity index (χ3n) is 2.80. The van der Waals surface area contributed by atoms with Crippen molar-refractivity contribution in [1.82, 2.24) is 10.4 Å². The van der Waals surface area contributed by atoms with Crippen LogP contribution in [0, 0.1) is 17.5 Å². The zero-order chi connectivity index (χ0) is 14.7. The Hall–Kier alpha value is -2.12. The van der Waals surface area contributed by atoms with Gasteiger partial charge < -0.3 is 4.74 Å². The Balaban J connectivity index is 2.52. The Morgan fingerprint density at radius 2 is 1.80 bits per heavy atom. The van der Waals surface area contributed by atoms with Crippen LogP contribution < -0.4 is 16.0 Å². The van der Waals surface area contributed by atoms with E-state index in [0.717, 1.165) is 0 Å². The minimum absolute atomic E-state index is 0.385. The van der Waals surface area contributed by atoms with Gasteiger partial charge in [0.25, 0.3) is 0 Å². The monoisotopic (exact) mass is 283 g/mol. The number of aromatic nitrogens is 1. The van der Waals surface area contributed by atoms with Crippen molar-refractivity contribution in [2.75, 3.05) is 7.11 Å². The Morgan fingerprint density at radius 3 is 2.35 bits per heavy atom. The lowest BCUT2D eigenvalue weighted by Crippen LogP contribution is -2.30. The number of rotatable bonds is 4. The topological polar surface area (TPSA) is 60.2 Å². The zero-order valence-corrected chi connectivity index (χ0v) is 10.5. The lowest BCUT2D eigenvalue weighted by atomic mass is 9.99. The van der Waals surface area contributed by atoms with Gasteiger partial charge in [0, 0.05) is 23.9 Å². The van der Waals surface area contributed by atoms with E-state index in [1.54, 1.807) is 0 Å². The second kappa shape index (κ2) is 5.89. The summed E-state index contributed by atoms with van der Waals surface area (Å²) < 4.78 is 45.5. The second-order valence-corrected chi connectivity index (χ2v) is 4.04.